The highest BCUT2D eigenvalue weighted by molar-refractivity contribution is 9.28. The van der Waals surface area contributed by atoms with Crippen molar-refractivity contribution in [3.05, 3.63) is 38.3 Å². The molecule has 100 valence electrons. The molecule has 1 aromatic carbocycles. The second kappa shape index (κ2) is 5.24. The highest BCUT2D eigenvalue weighted by Gasteiger charge is 2.37. The van der Waals surface area contributed by atoms with Crippen molar-refractivity contribution < 1.29 is 26.3 Å². The van der Waals surface area contributed by atoms with E-state index in [1.165, 1.54) is 0 Å². The Hall–Kier alpha value is -0.500. The number of halogens is 8. The van der Waals surface area contributed by atoms with Crippen molar-refractivity contribution in [1.82, 2.24) is 0 Å². The highest BCUT2D eigenvalue weighted by Crippen LogP contribution is 2.38. The molecule has 18 heavy (non-hydrogen) atoms. The third-order valence-corrected chi connectivity index (χ3v) is 2.41. The van der Waals surface area contributed by atoms with Crippen molar-refractivity contribution in [3.63, 3.8) is 0 Å². The fraction of sp³-hybridized carbons (Fsp3) is 0.200. The molecule has 0 atom stereocenters. The lowest BCUT2D eigenvalue weighted by Crippen LogP contribution is -2.12. The van der Waals surface area contributed by atoms with Gasteiger partial charge in [-0.25, -0.2) is 0 Å². The zero-order valence-electron chi connectivity index (χ0n) is 8.33. The second-order valence-electron chi connectivity index (χ2n) is 3.23. The molecule has 1 rings (SSSR count). The molecule has 0 nitrogen and oxygen atoms in total. The van der Waals surface area contributed by atoms with E-state index in [-0.39, 0.29) is 15.0 Å². The Morgan fingerprint density at radius 3 is 1.89 bits per heavy atom. The number of hydrogen-bond acceptors (Lipinski definition) is 0. The third kappa shape index (κ3) is 4.01. The highest BCUT2D eigenvalue weighted by atomic mass is 79.9. The zero-order chi connectivity index (χ0) is 14.1. The number of alkyl halides is 6. The second-order valence-corrected chi connectivity index (χ2v) is 6.00. The van der Waals surface area contributed by atoms with Gasteiger partial charge < -0.3 is 0 Å². The summed E-state index contributed by atoms with van der Waals surface area (Å²) in [7, 11) is 0. The number of rotatable bonds is 1. The van der Waals surface area contributed by atoms with E-state index in [4.69, 9.17) is 0 Å². The molecule has 0 saturated carbocycles. The van der Waals surface area contributed by atoms with Gasteiger partial charge in [-0.05, 0) is 55.6 Å². The topological polar surface area (TPSA) is 0 Å². The average molecular weight is 398 g/mol. The molecule has 0 radical (unpaired) electrons. The van der Waals surface area contributed by atoms with E-state index in [2.05, 4.69) is 31.9 Å². The molecule has 1 aromatic rings. The van der Waals surface area contributed by atoms with Crippen LogP contribution in [0, 0.1) is 0 Å². The van der Waals surface area contributed by atoms with Crippen LogP contribution in [0.1, 0.15) is 16.7 Å². The lowest BCUT2D eigenvalue weighted by molar-refractivity contribution is -0.143. The fourth-order valence-electron chi connectivity index (χ4n) is 1.22. The molecule has 0 unspecified atom stereocenters. The molecule has 0 aromatic heterocycles. The van der Waals surface area contributed by atoms with Crippen molar-refractivity contribution in [2.45, 2.75) is 12.4 Å². The van der Waals surface area contributed by atoms with Gasteiger partial charge in [-0.2, -0.15) is 26.3 Å². The molecular formula is C10H4Br2F6. The van der Waals surface area contributed by atoms with E-state index >= 15 is 0 Å². The summed E-state index contributed by atoms with van der Waals surface area (Å²) in [6, 6.07) is 1.47. The van der Waals surface area contributed by atoms with Gasteiger partial charge in [0.05, 0.1) is 14.5 Å². The molecular weight excluding hydrogens is 394 g/mol. The van der Waals surface area contributed by atoms with Crippen LogP contribution in [0.3, 0.4) is 0 Å². The maximum atomic E-state index is 12.6. The van der Waals surface area contributed by atoms with Crippen molar-refractivity contribution >= 4 is 37.9 Å². The summed E-state index contributed by atoms with van der Waals surface area (Å²) in [6.45, 7) is 0. The first-order valence-electron chi connectivity index (χ1n) is 4.33. The van der Waals surface area contributed by atoms with Gasteiger partial charge in [0.15, 0.2) is 0 Å². The first-order chi connectivity index (χ1) is 8.01. The van der Waals surface area contributed by atoms with E-state index in [0.29, 0.717) is 6.07 Å². The van der Waals surface area contributed by atoms with Crippen LogP contribution in [-0.4, -0.2) is 0 Å². The van der Waals surface area contributed by atoms with Crippen LogP contribution < -0.4 is 0 Å². The average Bonchev–Trinajstić information content (AvgIpc) is 2.13. The van der Waals surface area contributed by atoms with Crippen LogP contribution in [0.2, 0.25) is 0 Å². The summed E-state index contributed by atoms with van der Waals surface area (Å²) in [4.78, 5) is 0. The lowest BCUT2D eigenvalue weighted by atomic mass is 10.0. The summed E-state index contributed by atoms with van der Waals surface area (Å²) < 4.78 is 75.2. The molecule has 0 heterocycles. The molecule has 0 N–H and O–H groups in total. The molecule has 0 fully saturated rings. The minimum atomic E-state index is -4.86. The molecule has 0 aliphatic heterocycles. The van der Waals surface area contributed by atoms with Gasteiger partial charge in [0.2, 0.25) is 0 Å². The zero-order valence-corrected chi connectivity index (χ0v) is 11.5. The van der Waals surface area contributed by atoms with Crippen molar-refractivity contribution in [2.75, 3.05) is 0 Å². The van der Waals surface area contributed by atoms with Crippen LogP contribution in [0.5, 0.6) is 0 Å². The Morgan fingerprint density at radius 1 is 0.944 bits per heavy atom. The molecule has 8 heteroatoms. The SMILES string of the molecule is FC(F)(F)c1ccc(C=C(Br)Br)c(C(F)(F)F)c1. The van der Waals surface area contributed by atoms with E-state index in [1.807, 2.05) is 0 Å². The largest absolute Gasteiger partial charge is 0.417 e. The normalized spacial score (nSPS) is 12.4. The first kappa shape index (κ1) is 15.6. The molecule has 0 aliphatic carbocycles. The van der Waals surface area contributed by atoms with Crippen molar-refractivity contribution in [3.8, 4) is 0 Å². The quantitative estimate of drug-likeness (QED) is 0.524. The van der Waals surface area contributed by atoms with Crippen LogP contribution in [0.4, 0.5) is 26.3 Å². The Labute approximate surface area is 115 Å². The van der Waals surface area contributed by atoms with Crippen LogP contribution >= 0.6 is 31.9 Å². The van der Waals surface area contributed by atoms with Crippen molar-refractivity contribution in [2.24, 2.45) is 0 Å². The minimum absolute atomic E-state index is 0.0920. The van der Waals surface area contributed by atoms with Gasteiger partial charge in [0.25, 0.3) is 0 Å². The molecule has 0 spiro atoms. The van der Waals surface area contributed by atoms with Gasteiger partial charge in [0, 0.05) is 0 Å². The van der Waals surface area contributed by atoms with E-state index in [1.54, 1.807) is 0 Å². The predicted octanol–water partition coefficient (Wildman–Crippen LogP) is 5.81. The van der Waals surface area contributed by atoms with Crippen molar-refractivity contribution in [1.29, 1.82) is 0 Å². The van der Waals surface area contributed by atoms with Gasteiger partial charge in [-0.3, -0.25) is 0 Å². The Morgan fingerprint density at radius 2 is 1.50 bits per heavy atom. The molecule has 0 bridgehead atoms. The van der Waals surface area contributed by atoms with E-state index in [9.17, 15) is 26.3 Å². The van der Waals surface area contributed by atoms with Gasteiger partial charge in [0.1, 0.15) is 0 Å². The summed E-state index contributed by atoms with van der Waals surface area (Å²) in [5.41, 5.74) is -3.04. The monoisotopic (exact) mass is 396 g/mol. The predicted molar refractivity (Wildman–Crippen MR) is 62.3 cm³/mol. The summed E-state index contributed by atoms with van der Waals surface area (Å²) >= 11 is 5.72. The standard InChI is InChI=1S/C10H4Br2F6/c11-8(12)3-5-1-2-6(9(13,14)15)4-7(5)10(16,17)18/h1-4H. The molecule has 0 aliphatic rings. The maximum Gasteiger partial charge on any atom is 0.417 e. The van der Waals surface area contributed by atoms with Gasteiger partial charge >= 0.3 is 12.4 Å². The van der Waals surface area contributed by atoms with Gasteiger partial charge in [-0.15, -0.1) is 0 Å². The van der Waals surface area contributed by atoms with Crippen LogP contribution in [-0.2, 0) is 12.4 Å². The maximum absolute atomic E-state index is 12.6. The Kier molecular flexibility index (Phi) is 4.53. The number of benzene rings is 1. The Balaban J connectivity index is 3.45. The van der Waals surface area contributed by atoms with Crippen LogP contribution in [0.25, 0.3) is 6.08 Å². The summed E-state index contributed by atoms with van der Waals surface area (Å²) in [5, 5.41) is 0. The Bertz CT molecular complexity index is 468. The van der Waals surface area contributed by atoms with E-state index in [0.717, 1.165) is 12.1 Å². The van der Waals surface area contributed by atoms with Gasteiger partial charge in [-0.1, -0.05) is 6.07 Å². The van der Waals surface area contributed by atoms with Crippen LogP contribution in [0.15, 0.2) is 21.6 Å². The first-order valence-corrected chi connectivity index (χ1v) is 5.91. The fourth-order valence-corrected chi connectivity index (χ4v) is 1.71. The third-order valence-electron chi connectivity index (χ3n) is 1.95. The minimum Gasteiger partial charge on any atom is -0.166 e. The lowest BCUT2D eigenvalue weighted by Gasteiger charge is -2.14. The van der Waals surface area contributed by atoms with E-state index < -0.39 is 23.5 Å². The number of hydrogen-bond donors (Lipinski definition) is 0. The molecule has 0 amide bonds. The smallest absolute Gasteiger partial charge is 0.166 e. The summed E-state index contributed by atoms with van der Waals surface area (Å²) in [6.07, 6.45) is -8.64. The molecule has 0 saturated heterocycles. The summed E-state index contributed by atoms with van der Waals surface area (Å²) in [5.74, 6) is 0.